The summed E-state index contributed by atoms with van der Waals surface area (Å²) in [5.41, 5.74) is 1.41. The van der Waals surface area contributed by atoms with Crippen molar-refractivity contribution in [2.45, 2.75) is 19.8 Å². The first-order chi connectivity index (χ1) is 10.2. The van der Waals surface area contributed by atoms with E-state index in [1.807, 2.05) is 31.2 Å². The van der Waals surface area contributed by atoms with Crippen LogP contribution in [0.4, 0.5) is 5.69 Å². The number of rotatable bonds is 3. The Balaban J connectivity index is 1.69. The van der Waals surface area contributed by atoms with E-state index in [4.69, 9.17) is 4.42 Å². The quantitative estimate of drug-likeness (QED) is 0.910. The first kappa shape index (κ1) is 13.8. The van der Waals surface area contributed by atoms with Crippen molar-refractivity contribution in [2.24, 2.45) is 5.41 Å². The number of benzene rings is 1. The van der Waals surface area contributed by atoms with Crippen molar-refractivity contribution in [2.75, 3.05) is 18.4 Å². The number of piperidine rings is 1. The van der Waals surface area contributed by atoms with Crippen LogP contribution < -0.4 is 10.6 Å². The zero-order chi connectivity index (χ0) is 14.7. The Bertz CT molecular complexity index is 599. The minimum atomic E-state index is -0.331. The summed E-state index contributed by atoms with van der Waals surface area (Å²) < 4.78 is 5.24. The molecule has 0 radical (unpaired) electrons. The fraction of sp³-hybridized carbons (Fsp3) is 0.375. The lowest BCUT2D eigenvalue weighted by molar-refractivity contribution is -0.125. The molecule has 5 heteroatoms. The fourth-order valence-electron chi connectivity index (χ4n) is 2.61. The van der Waals surface area contributed by atoms with Gasteiger partial charge >= 0.3 is 0 Å². The van der Waals surface area contributed by atoms with Gasteiger partial charge in [0.05, 0.1) is 11.6 Å². The van der Waals surface area contributed by atoms with Gasteiger partial charge < -0.3 is 15.1 Å². The van der Waals surface area contributed by atoms with E-state index in [-0.39, 0.29) is 11.3 Å². The first-order valence-corrected chi connectivity index (χ1v) is 7.18. The smallest absolute Gasteiger partial charge is 0.231 e. The lowest BCUT2D eigenvalue weighted by atomic mass is 9.82. The SMILES string of the molecule is CC1(C(=O)Nc2ccc(-c3cnco3)cc2)CCCNC1. The summed E-state index contributed by atoms with van der Waals surface area (Å²) in [5.74, 6) is 0.790. The Morgan fingerprint density at radius 1 is 1.38 bits per heavy atom. The van der Waals surface area contributed by atoms with E-state index in [2.05, 4.69) is 15.6 Å². The predicted octanol–water partition coefficient (Wildman–Crippen LogP) is 2.67. The number of hydrogen-bond donors (Lipinski definition) is 2. The van der Waals surface area contributed by atoms with Crippen LogP contribution in [0, 0.1) is 5.41 Å². The number of nitrogens with zero attached hydrogens (tertiary/aromatic N) is 1. The molecule has 1 unspecified atom stereocenters. The first-order valence-electron chi connectivity index (χ1n) is 7.18. The van der Waals surface area contributed by atoms with Gasteiger partial charge in [-0.25, -0.2) is 4.98 Å². The summed E-state index contributed by atoms with van der Waals surface area (Å²) in [4.78, 5) is 16.3. The predicted molar refractivity (Wildman–Crippen MR) is 80.8 cm³/mol. The highest BCUT2D eigenvalue weighted by Crippen LogP contribution is 2.28. The van der Waals surface area contributed by atoms with Gasteiger partial charge in [0.1, 0.15) is 0 Å². The van der Waals surface area contributed by atoms with Gasteiger partial charge in [-0.05, 0) is 50.6 Å². The molecule has 3 rings (SSSR count). The second-order valence-corrected chi connectivity index (χ2v) is 5.74. The molecule has 1 saturated heterocycles. The van der Waals surface area contributed by atoms with Gasteiger partial charge in [-0.3, -0.25) is 4.79 Å². The Hall–Kier alpha value is -2.14. The number of oxazole rings is 1. The van der Waals surface area contributed by atoms with Crippen molar-refractivity contribution in [3.63, 3.8) is 0 Å². The summed E-state index contributed by atoms with van der Waals surface area (Å²) in [7, 11) is 0. The number of aromatic nitrogens is 1. The minimum Gasteiger partial charge on any atom is -0.444 e. The van der Waals surface area contributed by atoms with E-state index in [0.29, 0.717) is 0 Å². The number of anilines is 1. The molecule has 2 heterocycles. The molecule has 2 N–H and O–H groups in total. The van der Waals surface area contributed by atoms with Crippen molar-refractivity contribution in [1.29, 1.82) is 0 Å². The lowest BCUT2D eigenvalue weighted by Gasteiger charge is -2.32. The van der Waals surface area contributed by atoms with Crippen molar-refractivity contribution in [3.05, 3.63) is 36.9 Å². The molecular weight excluding hydrogens is 266 g/mol. The molecule has 2 aromatic rings. The van der Waals surface area contributed by atoms with E-state index in [0.717, 1.165) is 42.9 Å². The third-order valence-corrected chi connectivity index (χ3v) is 4.01. The zero-order valence-electron chi connectivity index (χ0n) is 12.1. The summed E-state index contributed by atoms with van der Waals surface area (Å²) in [6.07, 6.45) is 5.03. The summed E-state index contributed by atoms with van der Waals surface area (Å²) >= 11 is 0. The summed E-state index contributed by atoms with van der Waals surface area (Å²) in [5, 5.41) is 6.29. The molecule has 0 spiro atoms. The van der Waals surface area contributed by atoms with E-state index in [1.165, 1.54) is 6.39 Å². The number of hydrogen-bond acceptors (Lipinski definition) is 4. The zero-order valence-corrected chi connectivity index (χ0v) is 12.1. The Morgan fingerprint density at radius 2 is 2.19 bits per heavy atom. The number of nitrogens with one attached hydrogen (secondary N) is 2. The number of amides is 1. The maximum Gasteiger partial charge on any atom is 0.231 e. The van der Waals surface area contributed by atoms with Crippen LogP contribution in [0.25, 0.3) is 11.3 Å². The van der Waals surface area contributed by atoms with E-state index < -0.39 is 0 Å². The Morgan fingerprint density at radius 3 is 2.81 bits per heavy atom. The Labute approximate surface area is 123 Å². The average molecular weight is 285 g/mol. The summed E-state index contributed by atoms with van der Waals surface area (Å²) in [6.45, 7) is 3.74. The molecule has 1 fully saturated rings. The second-order valence-electron chi connectivity index (χ2n) is 5.74. The molecule has 1 aliphatic heterocycles. The molecule has 1 amide bonds. The standard InChI is InChI=1S/C16H19N3O2/c1-16(7-2-8-17-10-16)15(20)19-13-5-3-12(4-6-13)14-9-18-11-21-14/h3-6,9,11,17H,2,7-8,10H2,1H3,(H,19,20). The normalized spacial score (nSPS) is 22.0. The van der Waals surface area contributed by atoms with Crippen molar-refractivity contribution >= 4 is 11.6 Å². The van der Waals surface area contributed by atoms with Gasteiger partial charge in [0, 0.05) is 17.8 Å². The highest BCUT2D eigenvalue weighted by Gasteiger charge is 2.34. The molecule has 0 aliphatic carbocycles. The van der Waals surface area contributed by atoms with E-state index in [1.54, 1.807) is 6.20 Å². The van der Waals surface area contributed by atoms with Crippen LogP contribution >= 0.6 is 0 Å². The molecule has 1 aromatic carbocycles. The molecule has 1 aromatic heterocycles. The highest BCUT2D eigenvalue weighted by atomic mass is 16.3. The van der Waals surface area contributed by atoms with Crippen LogP contribution in [0.3, 0.4) is 0 Å². The fourth-order valence-corrected chi connectivity index (χ4v) is 2.61. The van der Waals surface area contributed by atoms with Crippen molar-refractivity contribution < 1.29 is 9.21 Å². The van der Waals surface area contributed by atoms with Gasteiger partial charge in [-0.15, -0.1) is 0 Å². The van der Waals surface area contributed by atoms with Crippen molar-refractivity contribution in [1.82, 2.24) is 10.3 Å². The van der Waals surface area contributed by atoms with Crippen LogP contribution in [-0.2, 0) is 4.79 Å². The molecule has 0 saturated carbocycles. The molecule has 110 valence electrons. The van der Waals surface area contributed by atoms with Gasteiger partial charge in [0.15, 0.2) is 12.2 Å². The average Bonchev–Trinajstić information content (AvgIpc) is 3.03. The van der Waals surface area contributed by atoms with Crippen molar-refractivity contribution in [3.8, 4) is 11.3 Å². The van der Waals surface area contributed by atoms with Crippen LogP contribution in [-0.4, -0.2) is 24.0 Å². The van der Waals surface area contributed by atoms with E-state index >= 15 is 0 Å². The lowest BCUT2D eigenvalue weighted by Crippen LogP contribution is -2.46. The second kappa shape index (κ2) is 5.69. The van der Waals surface area contributed by atoms with Crippen LogP contribution in [0.1, 0.15) is 19.8 Å². The van der Waals surface area contributed by atoms with Crippen LogP contribution in [0.5, 0.6) is 0 Å². The summed E-state index contributed by atoms with van der Waals surface area (Å²) in [6, 6.07) is 7.60. The van der Waals surface area contributed by atoms with Gasteiger partial charge in [0.2, 0.25) is 5.91 Å². The van der Waals surface area contributed by atoms with Crippen LogP contribution in [0.15, 0.2) is 41.3 Å². The third kappa shape index (κ3) is 2.97. The van der Waals surface area contributed by atoms with Gasteiger partial charge in [-0.1, -0.05) is 0 Å². The van der Waals surface area contributed by atoms with Crippen LogP contribution in [0.2, 0.25) is 0 Å². The molecule has 1 atom stereocenters. The topological polar surface area (TPSA) is 67.2 Å². The third-order valence-electron chi connectivity index (χ3n) is 4.01. The van der Waals surface area contributed by atoms with E-state index in [9.17, 15) is 4.79 Å². The maximum atomic E-state index is 12.4. The number of carbonyl (C=O) groups is 1. The van der Waals surface area contributed by atoms with Gasteiger partial charge in [-0.2, -0.15) is 0 Å². The molecule has 1 aliphatic rings. The maximum absolute atomic E-state index is 12.4. The van der Waals surface area contributed by atoms with Gasteiger partial charge in [0.25, 0.3) is 0 Å². The highest BCUT2D eigenvalue weighted by molar-refractivity contribution is 5.95. The Kier molecular flexibility index (Phi) is 3.75. The monoisotopic (exact) mass is 285 g/mol. The molecular formula is C16H19N3O2. The largest absolute Gasteiger partial charge is 0.444 e. The molecule has 21 heavy (non-hydrogen) atoms. The molecule has 0 bridgehead atoms. The molecule has 5 nitrogen and oxygen atoms in total. The minimum absolute atomic E-state index is 0.0714. The number of carbonyl (C=O) groups excluding carboxylic acids is 1.